The van der Waals surface area contributed by atoms with Crippen LogP contribution in [0.1, 0.15) is 50.6 Å². The van der Waals surface area contributed by atoms with E-state index >= 15 is 0 Å². The first-order valence-electron chi connectivity index (χ1n) is 9.72. The Kier molecular flexibility index (Phi) is 10.1. The van der Waals surface area contributed by atoms with Crippen LogP contribution in [0.15, 0.2) is 18.2 Å². The van der Waals surface area contributed by atoms with E-state index in [1.807, 2.05) is 11.8 Å². The lowest BCUT2D eigenvalue weighted by Crippen LogP contribution is -2.50. The molecule has 0 spiro atoms. The Balaban J connectivity index is 0.00000196. The Bertz CT molecular complexity index is 642. The molecule has 1 saturated carbocycles. The largest absolute Gasteiger partial charge is 0.340 e. The van der Waals surface area contributed by atoms with Gasteiger partial charge in [-0.05, 0) is 31.2 Å². The molecule has 0 radical (unpaired) electrons. The van der Waals surface area contributed by atoms with E-state index in [9.17, 15) is 13.6 Å². The molecule has 3 atom stereocenters. The van der Waals surface area contributed by atoms with Gasteiger partial charge in [0.15, 0.2) is 0 Å². The monoisotopic (exact) mass is 437 g/mol. The molecule has 2 N–H and O–H groups in total. The number of nitrogens with zero attached hydrogens (tertiary/aromatic N) is 2. The molecule has 8 heteroatoms. The van der Waals surface area contributed by atoms with Gasteiger partial charge in [0.05, 0.1) is 0 Å². The minimum absolute atomic E-state index is 0. The fourth-order valence-corrected chi connectivity index (χ4v) is 4.40. The maximum absolute atomic E-state index is 14.2. The van der Waals surface area contributed by atoms with Crippen molar-refractivity contribution in [1.82, 2.24) is 9.80 Å². The van der Waals surface area contributed by atoms with Gasteiger partial charge in [-0.25, -0.2) is 8.78 Å². The second-order valence-corrected chi connectivity index (χ2v) is 7.57. The number of amides is 1. The summed E-state index contributed by atoms with van der Waals surface area (Å²) in [5.41, 5.74) is 6.62. The molecule has 28 heavy (non-hydrogen) atoms. The van der Waals surface area contributed by atoms with Crippen molar-refractivity contribution in [3.63, 3.8) is 0 Å². The van der Waals surface area contributed by atoms with E-state index in [1.54, 1.807) is 0 Å². The van der Waals surface area contributed by atoms with E-state index in [2.05, 4.69) is 4.90 Å². The third-order valence-corrected chi connectivity index (χ3v) is 5.97. The van der Waals surface area contributed by atoms with Gasteiger partial charge in [-0.2, -0.15) is 0 Å². The van der Waals surface area contributed by atoms with Crippen molar-refractivity contribution in [3.05, 3.63) is 35.4 Å². The molecule has 0 aromatic heterocycles. The van der Waals surface area contributed by atoms with Crippen LogP contribution in [0.4, 0.5) is 8.78 Å². The summed E-state index contributed by atoms with van der Waals surface area (Å²) in [6, 6.07) is 3.87. The van der Waals surface area contributed by atoms with Gasteiger partial charge < -0.3 is 10.6 Å². The highest BCUT2D eigenvalue weighted by atomic mass is 35.5. The number of hydrogen-bond donors (Lipinski definition) is 1. The summed E-state index contributed by atoms with van der Waals surface area (Å²) in [5, 5.41) is 0. The molecular weight excluding hydrogens is 407 g/mol. The summed E-state index contributed by atoms with van der Waals surface area (Å²) in [6.07, 6.45) is 4.48. The maximum Gasteiger partial charge on any atom is 0.222 e. The van der Waals surface area contributed by atoms with Crippen molar-refractivity contribution in [3.8, 4) is 0 Å². The van der Waals surface area contributed by atoms with E-state index < -0.39 is 11.6 Å². The SMILES string of the molecule is CCC(c1ccc(F)cc1F)N1CCN(C(=O)C[C@@H]2CCC[C@H]2N)CC1.Cl.Cl. The molecule has 1 aliphatic heterocycles. The number of benzene rings is 1. The smallest absolute Gasteiger partial charge is 0.222 e. The standard InChI is InChI=1S/C20H29F2N3O.2ClH/c1-2-19(16-7-6-15(21)13-17(16)22)24-8-10-25(11-9-24)20(26)12-14-4-3-5-18(14)23;;/h6-7,13-14,18-19H,2-5,8-12,23H2,1H3;2*1H/t14-,18+,19?;;/m0../s1. The lowest BCUT2D eigenvalue weighted by Gasteiger charge is -2.39. The predicted octanol–water partition coefficient (Wildman–Crippen LogP) is 3.92. The van der Waals surface area contributed by atoms with E-state index in [-0.39, 0.29) is 42.8 Å². The van der Waals surface area contributed by atoms with Gasteiger partial charge in [-0.15, -0.1) is 24.8 Å². The average Bonchev–Trinajstić information content (AvgIpc) is 3.02. The first-order valence-corrected chi connectivity index (χ1v) is 9.72. The van der Waals surface area contributed by atoms with Gasteiger partial charge in [-0.3, -0.25) is 9.69 Å². The maximum atomic E-state index is 14.2. The summed E-state index contributed by atoms with van der Waals surface area (Å²) in [5.74, 6) is -0.544. The van der Waals surface area contributed by atoms with Crippen LogP contribution in [0.2, 0.25) is 0 Å². The molecule has 1 heterocycles. The van der Waals surface area contributed by atoms with Crippen LogP contribution in [0.25, 0.3) is 0 Å². The highest BCUT2D eigenvalue weighted by molar-refractivity contribution is 5.85. The summed E-state index contributed by atoms with van der Waals surface area (Å²) < 4.78 is 27.4. The summed E-state index contributed by atoms with van der Waals surface area (Å²) in [7, 11) is 0. The molecule has 1 saturated heterocycles. The van der Waals surface area contributed by atoms with Gasteiger partial charge in [0.25, 0.3) is 0 Å². The first-order chi connectivity index (χ1) is 12.5. The number of rotatable bonds is 5. The minimum Gasteiger partial charge on any atom is -0.340 e. The Labute approximate surface area is 178 Å². The highest BCUT2D eigenvalue weighted by Gasteiger charge is 2.31. The third kappa shape index (κ3) is 5.78. The van der Waals surface area contributed by atoms with Crippen molar-refractivity contribution in [2.45, 2.75) is 51.1 Å². The van der Waals surface area contributed by atoms with Crippen LogP contribution in [0.3, 0.4) is 0 Å². The Morgan fingerprint density at radius 3 is 2.39 bits per heavy atom. The molecule has 160 valence electrons. The van der Waals surface area contributed by atoms with Gasteiger partial charge in [0.1, 0.15) is 11.6 Å². The molecule has 1 aliphatic carbocycles. The number of carbonyl (C=O) groups excluding carboxylic acids is 1. The van der Waals surface area contributed by atoms with Crippen LogP contribution in [0, 0.1) is 17.6 Å². The average molecular weight is 438 g/mol. The van der Waals surface area contributed by atoms with E-state index in [1.165, 1.54) is 12.1 Å². The van der Waals surface area contributed by atoms with Crippen molar-refractivity contribution < 1.29 is 13.6 Å². The summed E-state index contributed by atoms with van der Waals surface area (Å²) in [6.45, 7) is 4.72. The fraction of sp³-hybridized carbons (Fsp3) is 0.650. The Morgan fingerprint density at radius 1 is 1.18 bits per heavy atom. The minimum atomic E-state index is -0.554. The van der Waals surface area contributed by atoms with Crippen LogP contribution in [0.5, 0.6) is 0 Å². The first kappa shape index (κ1) is 25.1. The molecule has 1 unspecified atom stereocenters. The molecule has 4 nitrogen and oxygen atoms in total. The number of halogens is 4. The van der Waals surface area contributed by atoms with E-state index in [0.717, 1.165) is 31.7 Å². The van der Waals surface area contributed by atoms with E-state index in [0.29, 0.717) is 44.1 Å². The third-order valence-electron chi connectivity index (χ3n) is 5.97. The topological polar surface area (TPSA) is 49.6 Å². The van der Waals surface area contributed by atoms with Gasteiger partial charge in [0, 0.05) is 56.3 Å². The summed E-state index contributed by atoms with van der Waals surface area (Å²) in [4.78, 5) is 16.7. The molecule has 2 fully saturated rings. The normalized spacial score (nSPS) is 23.6. The lowest BCUT2D eigenvalue weighted by molar-refractivity contribution is -0.134. The number of hydrogen-bond acceptors (Lipinski definition) is 3. The van der Waals surface area contributed by atoms with Crippen molar-refractivity contribution in [2.75, 3.05) is 26.2 Å². The van der Waals surface area contributed by atoms with Crippen LogP contribution in [-0.4, -0.2) is 47.9 Å². The number of nitrogens with two attached hydrogens (primary N) is 1. The van der Waals surface area contributed by atoms with Crippen molar-refractivity contribution in [1.29, 1.82) is 0 Å². The van der Waals surface area contributed by atoms with Gasteiger partial charge in [-0.1, -0.05) is 19.4 Å². The fourth-order valence-electron chi connectivity index (χ4n) is 4.40. The van der Waals surface area contributed by atoms with Crippen molar-refractivity contribution >= 4 is 30.7 Å². The quantitative estimate of drug-likeness (QED) is 0.758. The van der Waals surface area contributed by atoms with Crippen molar-refractivity contribution in [2.24, 2.45) is 11.7 Å². The molecule has 1 aromatic carbocycles. The van der Waals surface area contributed by atoms with Crippen LogP contribution >= 0.6 is 24.8 Å². The molecule has 1 aromatic rings. The molecule has 0 bridgehead atoms. The molecular formula is C20H31Cl2F2N3O. The summed E-state index contributed by atoms with van der Waals surface area (Å²) >= 11 is 0. The Hall–Kier alpha value is -0.950. The number of piperazine rings is 1. The van der Waals surface area contributed by atoms with E-state index in [4.69, 9.17) is 5.73 Å². The molecule has 2 aliphatic rings. The van der Waals surface area contributed by atoms with Crippen LogP contribution < -0.4 is 5.73 Å². The van der Waals surface area contributed by atoms with Gasteiger partial charge in [0.2, 0.25) is 5.91 Å². The number of carbonyl (C=O) groups is 1. The Morgan fingerprint density at radius 2 is 1.86 bits per heavy atom. The zero-order valence-corrected chi connectivity index (χ0v) is 17.9. The second-order valence-electron chi connectivity index (χ2n) is 7.57. The molecule has 3 rings (SSSR count). The zero-order chi connectivity index (χ0) is 18.7. The predicted molar refractivity (Wildman–Crippen MR) is 112 cm³/mol. The lowest BCUT2D eigenvalue weighted by atomic mass is 9.98. The second kappa shape index (κ2) is 11.3. The zero-order valence-electron chi connectivity index (χ0n) is 16.3. The molecule has 1 amide bonds. The van der Waals surface area contributed by atoms with Crippen LogP contribution in [-0.2, 0) is 4.79 Å². The highest BCUT2D eigenvalue weighted by Crippen LogP contribution is 2.30. The van der Waals surface area contributed by atoms with Gasteiger partial charge >= 0.3 is 0 Å².